The molecule has 90 valence electrons. The van der Waals surface area contributed by atoms with Crippen molar-refractivity contribution in [2.24, 2.45) is 0 Å². The lowest BCUT2D eigenvalue weighted by Gasteiger charge is -2.06. The van der Waals surface area contributed by atoms with Crippen LogP contribution in [0.4, 0.5) is 0 Å². The number of rotatable bonds is 8. The van der Waals surface area contributed by atoms with Crippen LogP contribution in [-0.2, 0) is 23.2 Å². The summed E-state index contributed by atoms with van der Waals surface area (Å²) in [6, 6.07) is 0. The fourth-order valence-electron chi connectivity index (χ4n) is 0.518. The molecule has 0 fully saturated rings. The molecule has 0 unspecified atom stereocenters. The topological polar surface area (TPSA) is 93.7 Å². The van der Waals surface area contributed by atoms with Gasteiger partial charge in [0.15, 0.2) is 0 Å². The van der Waals surface area contributed by atoms with Crippen LogP contribution in [0.5, 0.6) is 0 Å². The van der Waals surface area contributed by atoms with Gasteiger partial charge in [0.05, 0.1) is 0 Å². The summed E-state index contributed by atoms with van der Waals surface area (Å²) in [6.45, 7) is 5.92. The fourth-order valence-corrected chi connectivity index (χ4v) is 0.982. The molecule has 0 radical (unpaired) electrons. The molecular formula is C8H13N2O5P. The Morgan fingerprint density at radius 2 is 1.44 bits per heavy atom. The largest absolute Gasteiger partial charge is 0.329 e. The molecule has 0 aromatic heterocycles. The first-order chi connectivity index (χ1) is 7.60. The summed E-state index contributed by atoms with van der Waals surface area (Å²) in [5.74, 6) is -0.899. The first kappa shape index (κ1) is 14.6. The third-order valence-electron chi connectivity index (χ3n) is 1.24. The Labute approximate surface area is 93.4 Å². The van der Waals surface area contributed by atoms with Crippen LogP contribution in [0, 0.1) is 0 Å². The molecule has 0 heterocycles. The van der Waals surface area contributed by atoms with Gasteiger partial charge >= 0.3 is 8.25 Å². The van der Waals surface area contributed by atoms with Gasteiger partial charge in [-0.1, -0.05) is 13.2 Å². The Balaban J connectivity index is 3.52. The van der Waals surface area contributed by atoms with Gasteiger partial charge < -0.3 is 10.6 Å². The highest BCUT2D eigenvalue weighted by Gasteiger charge is 2.01. The van der Waals surface area contributed by atoms with Crippen molar-refractivity contribution in [2.45, 2.75) is 0 Å². The first-order valence-electron chi connectivity index (χ1n) is 4.20. The second-order valence-corrected chi connectivity index (χ2v) is 3.40. The molecule has 0 aromatic rings. The number of carbonyl (C=O) groups excluding carboxylic acids is 2. The molecule has 0 bridgehead atoms. The van der Waals surface area contributed by atoms with E-state index in [9.17, 15) is 14.2 Å². The maximum absolute atomic E-state index is 11.0. The highest BCUT2D eigenvalue weighted by atomic mass is 31.1. The van der Waals surface area contributed by atoms with Crippen LogP contribution in [0.3, 0.4) is 0 Å². The minimum absolute atomic E-state index is 0.252. The molecular weight excluding hydrogens is 235 g/mol. The monoisotopic (exact) mass is 248 g/mol. The van der Waals surface area contributed by atoms with Crippen LogP contribution >= 0.6 is 8.25 Å². The van der Waals surface area contributed by atoms with Crippen LogP contribution in [0.1, 0.15) is 0 Å². The fraction of sp³-hybridized carbons (Fsp3) is 0.250. The molecule has 7 nitrogen and oxygen atoms in total. The Hall–Kier alpha value is -1.43. The van der Waals surface area contributed by atoms with Crippen molar-refractivity contribution < 1.29 is 23.2 Å². The Kier molecular flexibility index (Phi) is 8.05. The first-order valence-corrected chi connectivity index (χ1v) is 5.42. The van der Waals surface area contributed by atoms with Crippen molar-refractivity contribution in [1.29, 1.82) is 0 Å². The zero-order chi connectivity index (χ0) is 12.4. The second kappa shape index (κ2) is 8.84. The van der Waals surface area contributed by atoms with Gasteiger partial charge in [-0.2, -0.15) is 0 Å². The molecule has 2 amide bonds. The zero-order valence-electron chi connectivity index (χ0n) is 8.52. The number of nitrogens with one attached hydrogen (secondary N) is 2. The number of hydrogen-bond acceptors (Lipinski definition) is 5. The number of amides is 2. The van der Waals surface area contributed by atoms with E-state index in [-0.39, 0.29) is 13.5 Å². The number of carbonyl (C=O) groups is 2. The van der Waals surface area contributed by atoms with Crippen LogP contribution in [0.15, 0.2) is 25.3 Å². The lowest BCUT2D eigenvalue weighted by Crippen LogP contribution is -2.24. The Morgan fingerprint density at radius 3 is 1.75 bits per heavy atom. The van der Waals surface area contributed by atoms with Crippen LogP contribution in [0.2, 0.25) is 0 Å². The van der Waals surface area contributed by atoms with Gasteiger partial charge in [0.25, 0.3) is 0 Å². The van der Waals surface area contributed by atoms with Crippen LogP contribution in [-0.4, -0.2) is 25.3 Å². The van der Waals surface area contributed by atoms with Crippen LogP contribution in [0.25, 0.3) is 0 Å². The summed E-state index contributed by atoms with van der Waals surface area (Å²) < 4.78 is 20.2. The molecule has 16 heavy (non-hydrogen) atoms. The lowest BCUT2D eigenvalue weighted by molar-refractivity contribution is -0.117. The van der Waals surface area contributed by atoms with Crippen molar-refractivity contribution in [1.82, 2.24) is 10.6 Å². The third-order valence-corrected chi connectivity index (χ3v) is 2.00. The van der Waals surface area contributed by atoms with Gasteiger partial charge in [-0.3, -0.25) is 23.2 Å². The van der Waals surface area contributed by atoms with Gasteiger partial charge in [0.2, 0.25) is 11.8 Å². The average molecular weight is 248 g/mol. The molecule has 0 aliphatic heterocycles. The summed E-state index contributed by atoms with van der Waals surface area (Å²) in [6.07, 6.45) is 2.09. The van der Waals surface area contributed by atoms with Crippen LogP contribution < -0.4 is 10.6 Å². The van der Waals surface area contributed by atoms with Gasteiger partial charge in [-0.25, -0.2) is 0 Å². The highest BCUT2D eigenvalue weighted by Crippen LogP contribution is 2.21. The van der Waals surface area contributed by atoms with Crippen molar-refractivity contribution in [2.75, 3.05) is 13.5 Å². The molecule has 0 aliphatic rings. The van der Waals surface area contributed by atoms with Gasteiger partial charge in [0.1, 0.15) is 13.5 Å². The predicted molar refractivity (Wildman–Crippen MR) is 57.6 cm³/mol. The van der Waals surface area contributed by atoms with Gasteiger partial charge in [-0.15, -0.1) is 0 Å². The lowest BCUT2D eigenvalue weighted by atomic mass is 10.6. The smallest absolute Gasteiger partial charge is 0.322 e. The van der Waals surface area contributed by atoms with Crippen molar-refractivity contribution in [3.63, 3.8) is 0 Å². The second-order valence-electron chi connectivity index (χ2n) is 2.32. The minimum Gasteiger partial charge on any atom is -0.329 e. The third kappa shape index (κ3) is 7.93. The Morgan fingerprint density at radius 1 is 1.06 bits per heavy atom. The predicted octanol–water partition coefficient (Wildman–Crippen LogP) is -0.0713. The molecule has 0 aromatic carbocycles. The molecule has 8 heteroatoms. The van der Waals surface area contributed by atoms with E-state index in [1.807, 2.05) is 0 Å². The molecule has 0 spiro atoms. The van der Waals surface area contributed by atoms with Crippen molar-refractivity contribution >= 4 is 20.1 Å². The van der Waals surface area contributed by atoms with E-state index in [1.165, 1.54) is 0 Å². The molecule has 0 rings (SSSR count). The van der Waals surface area contributed by atoms with E-state index in [4.69, 9.17) is 0 Å². The summed E-state index contributed by atoms with van der Waals surface area (Å²) in [4.78, 5) is 21.3. The number of hydrogen-bond donors (Lipinski definition) is 2. The summed E-state index contributed by atoms with van der Waals surface area (Å²) in [7, 11) is -2.74. The van der Waals surface area contributed by atoms with E-state index >= 15 is 0 Å². The normalized spacial score (nSPS) is 9.56. The van der Waals surface area contributed by atoms with E-state index in [0.717, 1.165) is 12.2 Å². The molecule has 0 saturated carbocycles. The molecule has 0 atom stereocenters. The van der Waals surface area contributed by atoms with E-state index in [1.54, 1.807) is 0 Å². The SMILES string of the molecule is C=CC(=O)NCO[PH](=O)OCNC(=O)C=C. The molecule has 0 saturated heterocycles. The summed E-state index contributed by atoms with van der Waals surface area (Å²) in [5, 5.41) is 4.47. The Bertz CT molecular complexity index is 277. The maximum atomic E-state index is 11.0. The maximum Gasteiger partial charge on any atom is 0.322 e. The quantitative estimate of drug-likeness (QED) is 0.356. The van der Waals surface area contributed by atoms with Gasteiger partial charge in [-0.05, 0) is 12.2 Å². The van der Waals surface area contributed by atoms with Gasteiger partial charge in [0, 0.05) is 0 Å². The molecule has 0 aliphatic carbocycles. The van der Waals surface area contributed by atoms with E-state index in [0.29, 0.717) is 0 Å². The van der Waals surface area contributed by atoms with E-state index in [2.05, 4.69) is 32.8 Å². The minimum atomic E-state index is -2.74. The van der Waals surface area contributed by atoms with Crippen molar-refractivity contribution in [3.8, 4) is 0 Å². The summed E-state index contributed by atoms with van der Waals surface area (Å²) in [5.41, 5.74) is 0. The zero-order valence-corrected chi connectivity index (χ0v) is 9.52. The highest BCUT2D eigenvalue weighted by molar-refractivity contribution is 7.33. The molecule has 2 N–H and O–H groups in total. The average Bonchev–Trinajstić information content (AvgIpc) is 2.28. The standard InChI is InChI=1S/C8H13N2O5P/c1-3-7(11)9-5-14-16(13)15-6-10-8(12)4-2/h3-4,16H,1-2,5-6H2,(H,9,11)(H,10,12). The van der Waals surface area contributed by atoms with E-state index < -0.39 is 20.1 Å². The summed E-state index contributed by atoms with van der Waals surface area (Å²) >= 11 is 0. The van der Waals surface area contributed by atoms with Crippen molar-refractivity contribution in [3.05, 3.63) is 25.3 Å².